The topological polar surface area (TPSA) is 51.2 Å². The third-order valence-corrected chi connectivity index (χ3v) is 6.13. The molecular formula is C18H24FN2O2P. The first-order chi connectivity index (χ1) is 11.6. The molecule has 0 saturated heterocycles. The molecule has 4 nitrogen and oxygen atoms in total. The molecule has 0 saturated carbocycles. The van der Waals surface area contributed by atoms with E-state index in [1.54, 1.807) is 19.2 Å². The maximum atomic E-state index is 14.1. The van der Waals surface area contributed by atoms with E-state index in [0.29, 0.717) is 36.9 Å². The van der Waals surface area contributed by atoms with Crippen molar-refractivity contribution in [1.29, 1.82) is 0 Å². The lowest BCUT2D eigenvalue weighted by Crippen LogP contribution is -2.25. The summed E-state index contributed by atoms with van der Waals surface area (Å²) in [5.74, 6) is -0.258. The predicted molar refractivity (Wildman–Crippen MR) is 95.1 cm³/mol. The van der Waals surface area contributed by atoms with Gasteiger partial charge in [0.15, 0.2) is 0 Å². The Morgan fingerprint density at radius 3 is 2.46 bits per heavy atom. The number of nitrogens with one attached hydrogen (secondary N) is 1. The summed E-state index contributed by atoms with van der Waals surface area (Å²) in [6.07, 6.45) is 2.83. The van der Waals surface area contributed by atoms with Gasteiger partial charge in [-0.15, -0.1) is 0 Å². The number of pyridine rings is 1. The van der Waals surface area contributed by atoms with Gasteiger partial charge >= 0.3 is 0 Å². The lowest BCUT2D eigenvalue weighted by atomic mass is 10.0. The zero-order valence-electron chi connectivity index (χ0n) is 14.4. The van der Waals surface area contributed by atoms with Crippen molar-refractivity contribution in [2.75, 3.05) is 6.61 Å². The lowest BCUT2D eigenvalue weighted by molar-refractivity contribution is 0.332. The van der Waals surface area contributed by atoms with E-state index in [-0.39, 0.29) is 5.82 Å². The summed E-state index contributed by atoms with van der Waals surface area (Å²) in [6, 6.07) is 8.51. The van der Waals surface area contributed by atoms with Gasteiger partial charge in [0.25, 0.3) is 7.52 Å². The maximum Gasteiger partial charge on any atom is 0.300 e. The Morgan fingerprint density at radius 1 is 1.12 bits per heavy atom. The van der Waals surface area contributed by atoms with Crippen molar-refractivity contribution in [3.63, 3.8) is 0 Å². The van der Waals surface area contributed by atoms with Crippen LogP contribution in [-0.4, -0.2) is 11.6 Å². The molecule has 0 spiro atoms. The number of nitrogens with zero attached hydrogens (tertiary/aromatic N) is 1. The van der Waals surface area contributed by atoms with Crippen LogP contribution in [0.1, 0.15) is 37.6 Å². The standard InChI is InChI=1S/C18H24FN2O2P/c1-4-15-16(5-2)18(11-10-17(15)19)24(22,23-6-3)21-13-14-9-7-8-12-20-14/h7-12H,4-6,13H2,1-3H3,(H,21,22). The Morgan fingerprint density at radius 2 is 1.88 bits per heavy atom. The van der Waals surface area contributed by atoms with Crippen molar-refractivity contribution in [2.45, 2.75) is 40.2 Å². The van der Waals surface area contributed by atoms with Crippen LogP contribution in [0.15, 0.2) is 36.5 Å². The largest absolute Gasteiger partial charge is 0.315 e. The van der Waals surface area contributed by atoms with E-state index in [2.05, 4.69) is 10.1 Å². The molecule has 0 fully saturated rings. The van der Waals surface area contributed by atoms with E-state index in [9.17, 15) is 8.96 Å². The first kappa shape index (κ1) is 18.8. The van der Waals surface area contributed by atoms with E-state index < -0.39 is 7.52 Å². The first-order valence-electron chi connectivity index (χ1n) is 8.26. The summed E-state index contributed by atoms with van der Waals surface area (Å²) in [7, 11) is -3.31. The Balaban J connectivity index is 2.40. The van der Waals surface area contributed by atoms with Crippen molar-refractivity contribution in [3.8, 4) is 0 Å². The molecule has 1 unspecified atom stereocenters. The highest BCUT2D eigenvalue weighted by Crippen LogP contribution is 2.43. The van der Waals surface area contributed by atoms with Crippen molar-refractivity contribution in [2.24, 2.45) is 0 Å². The minimum absolute atomic E-state index is 0.258. The molecule has 1 heterocycles. The van der Waals surface area contributed by atoms with Crippen molar-refractivity contribution >= 4 is 12.8 Å². The number of rotatable bonds is 8. The summed E-state index contributed by atoms with van der Waals surface area (Å²) >= 11 is 0. The Labute approximate surface area is 143 Å². The zero-order chi connectivity index (χ0) is 17.6. The minimum atomic E-state index is -3.31. The molecule has 1 atom stereocenters. The molecule has 24 heavy (non-hydrogen) atoms. The van der Waals surface area contributed by atoms with Gasteiger partial charge in [-0.25, -0.2) is 9.48 Å². The average molecular weight is 350 g/mol. The smallest absolute Gasteiger partial charge is 0.300 e. The van der Waals surface area contributed by atoms with Crippen molar-refractivity contribution < 1.29 is 13.5 Å². The van der Waals surface area contributed by atoms with Crippen LogP contribution in [0.5, 0.6) is 0 Å². The molecule has 0 aliphatic carbocycles. The molecule has 0 aliphatic rings. The maximum absolute atomic E-state index is 14.1. The van der Waals surface area contributed by atoms with Crippen LogP contribution in [-0.2, 0) is 28.5 Å². The average Bonchev–Trinajstić information content (AvgIpc) is 2.60. The predicted octanol–water partition coefficient (Wildman–Crippen LogP) is 3.99. The van der Waals surface area contributed by atoms with Gasteiger partial charge in [0, 0.05) is 12.7 Å². The molecule has 2 aromatic rings. The highest BCUT2D eigenvalue weighted by Gasteiger charge is 2.29. The van der Waals surface area contributed by atoms with Crippen LogP contribution in [0.25, 0.3) is 0 Å². The van der Waals surface area contributed by atoms with Crippen molar-refractivity contribution in [3.05, 3.63) is 59.2 Å². The number of halogens is 1. The summed E-state index contributed by atoms with van der Waals surface area (Å²) in [5.41, 5.74) is 2.14. The first-order valence-corrected chi connectivity index (χ1v) is 9.88. The monoisotopic (exact) mass is 350 g/mol. The van der Waals surface area contributed by atoms with Crippen LogP contribution >= 0.6 is 7.52 Å². The molecular weight excluding hydrogens is 326 g/mol. The third-order valence-electron chi connectivity index (χ3n) is 3.88. The quantitative estimate of drug-likeness (QED) is 0.732. The van der Waals surface area contributed by atoms with E-state index in [0.717, 1.165) is 11.3 Å². The van der Waals surface area contributed by atoms with E-state index in [1.165, 1.54) is 6.07 Å². The fraction of sp³-hybridized carbons (Fsp3) is 0.389. The van der Waals surface area contributed by atoms with E-state index in [4.69, 9.17) is 4.52 Å². The fourth-order valence-electron chi connectivity index (χ4n) is 2.77. The Bertz CT molecular complexity index is 722. The van der Waals surface area contributed by atoms with Gasteiger partial charge in [-0.1, -0.05) is 19.9 Å². The highest BCUT2D eigenvalue weighted by atomic mass is 31.2. The van der Waals surface area contributed by atoms with E-state index in [1.807, 2.05) is 32.0 Å². The second-order valence-corrected chi connectivity index (χ2v) is 7.52. The van der Waals surface area contributed by atoms with Gasteiger partial charge in [-0.3, -0.25) is 9.55 Å². The van der Waals surface area contributed by atoms with Gasteiger partial charge in [0.05, 0.1) is 17.6 Å². The second-order valence-electron chi connectivity index (χ2n) is 5.36. The third kappa shape index (κ3) is 4.10. The summed E-state index contributed by atoms with van der Waals surface area (Å²) in [5, 5.41) is 3.58. The van der Waals surface area contributed by atoms with Gasteiger partial charge in [0.2, 0.25) is 0 Å². The van der Waals surface area contributed by atoms with Crippen LogP contribution in [0.3, 0.4) is 0 Å². The Kier molecular flexibility index (Phi) is 6.67. The van der Waals surface area contributed by atoms with Crippen LogP contribution in [0, 0.1) is 5.82 Å². The SMILES string of the molecule is CCOP(=O)(NCc1ccccn1)c1ccc(F)c(CC)c1CC. The van der Waals surface area contributed by atoms with Gasteiger partial charge in [0.1, 0.15) is 5.82 Å². The second kappa shape index (κ2) is 8.52. The summed E-state index contributed by atoms with van der Waals surface area (Å²) in [4.78, 5) is 4.23. The van der Waals surface area contributed by atoms with Crippen LogP contribution in [0.2, 0.25) is 0 Å². The molecule has 6 heteroatoms. The minimum Gasteiger partial charge on any atom is -0.315 e. The van der Waals surface area contributed by atoms with Crippen molar-refractivity contribution in [1.82, 2.24) is 10.1 Å². The highest BCUT2D eigenvalue weighted by molar-refractivity contribution is 7.65. The molecule has 1 aromatic carbocycles. The number of aromatic nitrogens is 1. The van der Waals surface area contributed by atoms with E-state index >= 15 is 0 Å². The normalized spacial score (nSPS) is 13.7. The fourth-order valence-corrected chi connectivity index (χ4v) is 4.83. The summed E-state index contributed by atoms with van der Waals surface area (Å²) in [6.45, 7) is 6.25. The number of hydrogen-bond acceptors (Lipinski definition) is 3. The molecule has 2 rings (SSSR count). The summed E-state index contributed by atoms with van der Waals surface area (Å²) < 4.78 is 33.2. The number of benzene rings is 1. The molecule has 0 radical (unpaired) electrons. The van der Waals surface area contributed by atoms with Crippen LogP contribution < -0.4 is 10.4 Å². The molecule has 1 aromatic heterocycles. The molecule has 1 N–H and O–H groups in total. The molecule has 0 bridgehead atoms. The van der Waals surface area contributed by atoms with Gasteiger partial charge in [-0.2, -0.15) is 0 Å². The number of hydrogen-bond donors (Lipinski definition) is 1. The van der Waals surface area contributed by atoms with Crippen LogP contribution in [0.4, 0.5) is 4.39 Å². The van der Waals surface area contributed by atoms with Gasteiger partial charge < -0.3 is 4.52 Å². The van der Waals surface area contributed by atoms with Gasteiger partial charge in [-0.05, 0) is 55.2 Å². The molecule has 0 aliphatic heterocycles. The lowest BCUT2D eigenvalue weighted by Gasteiger charge is -2.23. The molecule has 0 amide bonds. The molecule has 130 valence electrons. The Hall–Kier alpha value is -1.55. The zero-order valence-corrected chi connectivity index (χ0v) is 15.3.